The van der Waals surface area contributed by atoms with Gasteiger partial charge < -0.3 is 8.98 Å². The van der Waals surface area contributed by atoms with Crippen LogP contribution in [0.5, 0.6) is 0 Å². The van der Waals surface area contributed by atoms with Gasteiger partial charge in [-0.05, 0) is 74.2 Å². The van der Waals surface area contributed by atoms with Crippen molar-refractivity contribution >= 4 is 72.6 Å². The predicted molar refractivity (Wildman–Crippen MR) is 287 cm³/mol. The molecule has 0 radical (unpaired) electrons. The van der Waals surface area contributed by atoms with Crippen molar-refractivity contribution in [3.05, 3.63) is 254 Å². The van der Waals surface area contributed by atoms with E-state index in [4.69, 9.17) is 35.8 Å². The maximum Gasteiger partial charge on any atom is 0.179 e. The Morgan fingerprint density at radius 2 is 0.870 bits per heavy atom. The second-order valence-corrected chi connectivity index (χ2v) is 19.6. The molecule has 10 aromatic carbocycles. The van der Waals surface area contributed by atoms with Crippen molar-refractivity contribution in [2.75, 3.05) is 0 Å². The molecule has 3 aromatic heterocycles. The Morgan fingerprint density at radius 3 is 1.51 bits per heavy atom. The Kier molecular flexibility index (Phi) is 5.61. The lowest BCUT2D eigenvalue weighted by molar-refractivity contribution is 0.669. The Balaban J connectivity index is 1.15. The van der Waals surface area contributed by atoms with E-state index < -0.39 is 220 Å². The van der Waals surface area contributed by atoms with Crippen LogP contribution in [0.3, 0.4) is 0 Å². The highest BCUT2D eigenvalue weighted by molar-refractivity contribution is 7.19. The second kappa shape index (κ2) is 16.7. The summed E-state index contributed by atoms with van der Waals surface area (Å²) >= 11 is 0. The fraction of sp³-hybridized carbons (Fsp3) is 0. The van der Waals surface area contributed by atoms with Crippen LogP contribution >= 0.6 is 0 Å². The number of furan rings is 1. The zero-order chi connectivity index (χ0) is 65.7. The lowest BCUT2D eigenvalue weighted by atomic mass is 9.98. The largest absolute Gasteiger partial charge is 0.456 e. The van der Waals surface area contributed by atoms with E-state index in [1.165, 1.54) is 0 Å². The second-order valence-electron chi connectivity index (χ2n) is 15.7. The number of benzene rings is 10. The van der Waals surface area contributed by atoms with Crippen molar-refractivity contribution in [1.29, 1.82) is 0 Å². The van der Waals surface area contributed by atoms with Crippen LogP contribution in [-0.2, 0) is 0 Å². The van der Waals surface area contributed by atoms with Crippen molar-refractivity contribution in [1.82, 2.24) is 19.5 Å². The molecule has 0 aliphatic heterocycles. The molecule has 0 fully saturated rings. The molecule has 13 rings (SSSR count). The summed E-state index contributed by atoms with van der Waals surface area (Å²) in [7, 11) is -3.23. The maximum absolute atomic E-state index is 10.1. The molecule has 0 aliphatic rings. The van der Waals surface area contributed by atoms with Gasteiger partial charge in [0, 0.05) is 43.9 Å². The average molecular weight is 922 g/mol. The first kappa shape index (κ1) is 23.2. The van der Waals surface area contributed by atoms with E-state index in [1.54, 1.807) is 12.1 Å². The van der Waals surface area contributed by atoms with Crippen LogP contribution in [0.1, 0.15) is 31.5 Å². The minimum Gasteiger partial charge on any atom is -0.456 e. The number of hydrogen-bond donors (Lipinski definition) is 0. The van der Waals surface area contributed by atoms with E-state index in [1.807, 2.05) is 66.7 Å². The van der Waals surface area contributed by atoms with Crippen LogP contribution in [0.4, 0.5) is 0 Å². The normalized spacial score (nSPS) is 16.4. The quantitative estimate of drug-likeness (QED) is 0.107. The summed E-state index contributed by atoms with van der Waals surface area (Å²) in [6.07, 6.45) is 0. The Bertz CT molecular complexity index is 5210. The Morgan fingerprint density at radius 1 is 0.362 bits per heavy atom. The standard InChI is InChI=1S/C63H42N4OSi/c1-4-21-47(22-5-1)69(48-23-6-2-7-24-48,49-25-8-3-9-26-49)50-38-35-43(36-39-50)61-64-62(45-19-18-20-46(41-45)67-57-32-15-12-28-52(57)53-29-13-16-33-58(53)67)66-63(65-61)56-31-11-10-27-51(56)44-37-40-55-54-30-14-17-34-59(54)68-60(55)42-44/h1-42H/i10D,11D,12D,13D,14D,15D,16D,17D,18D,19D,20D,27D,28D,29D,30D,31D,32D,33D,34D,37D,40D,41D,42D. The number of nitrogens with zero attached hydrogens (tertiary/aromatic N) is 4. The van der Waals surface area contributed by atoms with Crippen LogP contribution in [-0.4, -0.2) is 27.6 Å². The number of fused-ring (bicyclic) bond motifs is 6. The molecular formula is C63H42N4OSi. The van der Waals surface area contributed by atoms with Gasteiger partial charge in [0.2, 0.25) is 0 Å². The summed E-state index contributed by atoms with van der Waals surface area (Å²) < 4.78 is 216. The summed E-state index contributed by atoms with van der Waals surface area (Å²) in [5, 5.41) is 2.40. The molecule has 0 saturated carbocycles. The number of rotatable bonds is 9. The fourth-order valence-corrected chi connectivity index (χ4v) is 13.7. The minimum atomic E-state index is -3.23. The molecule has 0 aliphatic carbocycles. The van der Waals surface area contributed by atoms with Crippen molar-refractivity contribution in [3.63, 3.8) is 0 Å². The minimum absolute atomic E-state index is 0.188. The Labute approximate surface area is 432 Å². The van der Waals surface area contributed by atoms with Gasteiger partial charge in [0.05, 0.1) is 42.6 Å². The van der Waals surface area contributed by atoms with E-state index in [-0.39, 0.29) is 22.2 Å². The molecule has 13 aromatic rings. The lowest BCUT2D eigenvalue weighted by Crippen LogP contribution is -2.74. The van der Waals surface area contributed by atoms with E-state index in [2.05, 4.69) is 36.4 Å². The highest BCUT2D eigenvalue weighted by atomic mass is 28.3. The van der Waals surface area contributed by atoms with Crippen molar-refractivity contribution in [3.8, 4) is 51.0 Å². The molecule has 324 valence electrons. The topological polar surface area (TPSA) is 56.7 Å². The summed E-state index contributed by atoms with van der Waals surface area (Å²) in [6.45, 7) is 0. The molecule has 3 heterocycles. The van der Waals surface area contributed by atoms with E-state index in [0.717, 1.165) is 25.3 Å². The summed E-state index contributed by atoms with van der Waals surface area (Å²) in [5.74, 6) is -1.66. The van der Waals surface area contributed by atoms with Crippen LogP contribution in [0, 0.1) is 0 Å². The molecular weight excluding hydrogens is 857 g/mol. The van der Waals surface area contributed by atoms with Gasteiger partial charge in [-0.1, -0.05) is 212 Å². The summed E-state index contributed by atoms with van der Waals surface area (Å²) in [4.78, 5) is 14.4. The van der Waals surface area contributed by atoms with E-state index in [0.29, 0.717) is 0 Å². The van der Waals surface area contributed by atoms with Gasteiger partial charge in [-0.25, -0.2) is 15.0 Å². The predicted octanol–water partition coefficient (Wildman–Crippen LogP) is 12.9. The third-order valence-corrected chi connectivity index (χ3v) is 16.8. The third kappa shape index (κ3) is 6.80. The first-order chi connectivity index (χ1) is 43.8. The monoisotopic (exact) mass is 921 g/mol. The zero-order valence-electron chi connectivity index (χ0n) is 58.7. The SMILES string of the molecule is [2H]c1c([2H])c([2H])c(-c2c([2H])c([2H])c3c(oc4c([2H])c([2H])c([2H])c([2H])c43)c2[2H])c(-c2nc(-c3ccc([Si](c4ccccc4)(c4ccccc4)c4ccccc4)cc3)nc(-c3c([2H])c([2H])c([2H])c(-n4c5c([2H])c([2H])c([2H])c([2H])c5c5c([2H])c([2H])c([2H])c([2H])c54)c3[2H])n2)c1[2H]. The first-order valence-corrected chi connectivity index (χ1v) is 23.5. The van der Waals surface area contributed by atoms with Crippen molar-refractivity contribution < 1.29 is 35.9 Å². The molecule has 0 spiro atoms. The van der Waals surface area contributed by atoms with Gasteiger partial charge in [-0.3, -0.25) is 0 Å². The van der Waals surface area contributed by atoms with Crippen LogP contribution in [0.2, 0.25) is 0 Å². The van der Waals surface area contributed by atoms with Gasteiger partial charge in [-0.2, -0.15) is 0 Å². The first-order valence-electron chi connectivity index (χ1n) is 33.0. The van der Waals surface area contributed by atoms with Gasteiger partial charge in [-0.15, -0.1) is 0 Å². The molecule has 0 unspecified atom stereocenters. The Hall–Kier alpha value is -8.97. The molecule has 5 nitrogen and oxygen atoms in total. The van der Waals surface area contributed by atoms with Crippen molar-refractivity contribution in [2.45, 2.75) is 0 Å². The van der Waals surface area contributed by atoms with Crippen LogP contribution in [0.25, 0.3) is 94.7 Å². The molecule has 0 amide bonds. The molecule has 0 bridgehead atoms. The average Bonchev–Trinajstić information content (AvgIpc) is 1.51. The number of aromatic nitrogens is 4. The molecule has 0 N–H and O–H groups in total. The van der Waals surface area contributed by atoms with Gasteiger partial charge in [0.1, 0.15) is 11.2 Å². The molecule has 6 heteroatoms. The highest BCUT2D eigenvalue weighted by Gasteiger charge is 2.41. The highest BCUT2D eigenvalue weighted by Crippen LogP contribution is 2.38. The third-order valence-electron chi connectivity index (χ3n) is 12.0. The van der Waals surface area contributed by atoms with Gasteiger partial charge in [0.25, 0.3) is 0 Å². The number of para-hydroxylation sites is 3. The fourth-order valence-electron chi connectivity index (χ4n) is 8.95. The van der Waals surface area contributed by atoms with Gasteiger partial charge >= 0.3 is 0 Å². The molecule has 0 atom stereocenters. The summed E-state index contributed by atoms with van der Waals surface area (Å²) in [6, 6.07) is 18.4. The van der Waals surface area contributed by atoms with E-state index in [9.17, 15) is 15.1 Å². The van der Waals surface area contributed by atoms with Gasteiger partial charge in [0.15, 0.2) is 25.5 Å². The maximum atomic E-state index is 10.1. The molecule has 0 saturated heterocycles. The van der Waals surface area contributed by atoms with Crippen molar-refractivity contribution in [2.24, 2.45) is 0 Å². The summed E-state index contributed by atoms with van der Waals surface area (Å²) in [5.41, 5.74) is -5.21. The van der Waals surface area contributed by atoms with Crippen LogP contribution < -0.4 is 20.7 Å². The van der Waals surface area contributed by atoms with Crippen LogP contribution in [0.15, 0.2) is 259 Å². The van der Waals surface area contributed by atoms with E-state index >= 15 is 0 Å². The number of hydrogen-bond acceptors (Lipinski definition) is 4. The molecule has 69 heavy (non-hydrogen) atoms. The lowest BCUT2D eigenvalue weighted by Gasteiger charge is -2.34. The zero-order valence-corrected chi connectivity index (χ0v) is 36.7. The smallest absolute Gasteiger partial charge is 0.179 e.